The molecular formula is C30H30F5N5O2. The molecule has 4 aromatic rings. The van der Waals surface area contributed by atoms with Gasteiger partial charge in [-0.15, -0.1) is 13.2 Å². The van der Waals surface area contributed by atoms with Crippen molar-refractivity contribution in [2.75, 3.05) is 29.4 Å². The van der Waals surface area contributed by atoms with E-state index in [1.807, 2.05) is 23.6 Å². The van der Waals surface area contributed by atoms with Crippen molar-refractivity contribution in [2.45, 2.75) is 46.1 Å². The van der Waals surface area contributed by atoms with E-state index >= 15 is 4.39 Å². The molecule has 42 heavy (non-hydrogen) atoms. The number of aromatic nitrogens is 2. The fourth-order valence-electron chi connectivity index (χ4n) is 5.28. The van der Waals surface area contributed by atoms with E-state index in [-0.39, 0.29) is 24.0 Å². The molecule has 0 aliphatic carbocycles. The number of amides is 1. The van der Waals surface area contributed by atoms with Gasteiger partial charge in [-0.25, -0.2) is 13.8 Å². The second kappa shape index (κ2) is 11.5. The molecule has 0 spiro atoms. The zero-order chi connectivity index (χ0) is 30.2. The zero-order valence-electron chi connectivity index (χ0n) is 23.3. The fourth-order valence-corrected chi connectivity index (χ4v) is 5.28. The molecule has 1 N–H and O–H groups in total. The average Bonchev–Trinajstić information content (AvgIpc) is 3.29. The molecule has 1 aliphatic rings. The van der Waals surface area contributed by atoms with Crippen LogP contribution in [0.1, 0.15) is 41.2 Å². The predicted octanol–water partition coefficient (Wildman–Crippen LogP) is 6.03. The standard InChI is InChI=1S/C30H30F5N5O2/c1-4-25-28(40-17-24(32)18(2)13-27(40)37-25)29(41)36-15-20-5-10-26(23(31)14-20)38-11-12-39(19(3)16-38)21-6-8-22(9-7-21)42-30(33,34)35/h5-10,13-14,17,19H,4,11-12,15-16H2,1-3H3,(H,36,41)/t19-/m0/s1. The number of nitrogens with one attached hydrogen (secondary N) is 1. The van der Waals surface area contributed by atoms with Crippen LogP contribution in [0.15, 0.2) is 54.7 Å². The van der Waals surface area contributed by atoms with E-state index in [9.17, 15) is 22.4 Å². The molecule has 7 nitrogen and oxygen atoms in total. The highest BCUT2D eigenvalue weighted by Crippen LogP contribution is 2.29. The molecule has 12 heteroatoms. The molecule has 0 bridgehead atoms. The summed E-state index contributed by atoms with van der Waals surface area (Å²) in [6.07, 6.45) is -3.02. The Bertz CT molecular complexity index is 1600. The first-order valence-electron chi connectivity index (χ1n) is 13.5. The van der Waals surface area contributed by atoms with Gasteiger partial charge in [0.2, 0.25) is 0 Å². The molecule has 1 fully saturated rings. The van der Waals surface area contributed by atoms with Gasteiger partial charge < -0.3 is 19.9 Å². The van der Waals surface area contributed by atoms with Crippen molar-refractivity contribution >= 4 is 22.9 Å². The van der Waals surface area contributed by atoms with Gasteiger partial charge >= 0.3 is 6.36 Å². The number of piperazine rings is 1. The molecule has 3 heterocycles. The highest BCUT2D eigenvalue weighted by Gasteiger charge is 2.31. The zero-order valence-corrected chi connectivity index (χ0v) is 23.3. The number of alkyl halides is 3. The Kier molecular flexibility index (Phi) is 7.98. The number of carbonyl (C=O) groups excluding carboxylic acids is 1. The molecular weight excluding hydrogens is 557 g/mol. The Hall–Kier alpha value is -4.35. The maximum atomic E-state index is 15.2. The van der Waals surface area contributed by atoms with Gasteiger partial charge in [0, 0.05) is 44.1 Å². The van der Waals surface area contributed by atoms with E-state index < -0.39 is 23.9 Å². The summed E-state index contributed by atoms with van der Waals surface area (Å²) in [6.45, 7) is 7.06. The molecule has 0 saturated carbocycles. The van der Waals surface area contributed by atoms with Gasteiger partial charge in [-0.1, -0.05) is 13.0 Å². The van der Waals surface area contributed by atoms with E-state index in [4.69, 9.17) is 0 Å². The second-order valence-electron chi connectivity index (χ2n) is 10.3. The maximum absolute atomic E-state index is 15.2. The Morgan fingerprint density at radius 1 is 1.07 bits per heavy atom. The topological polar surface area (TPSA) is 62.1 Å². The molecule has 1 atom stereocenters. The van der Waals surface area contributed by atoms with Gasteiger partial charge in [-0.2, -0.15) is 0 Å². The minimum atomic E-state index is -4.75. The van der Waals surface area contributed by atoms with Gasteiger partial charge in [-0.3, -0.25) is 9.20 Å². The van der Waals surface area contributed by atoms with Crippen molar-refractivity contribution in [1.82, 2.24) is 14.7 Å². The normalized spacial score (nSPS) is 15.8. The molecule has 1 amide bonds. The number of carbonyl (C=O) groups is 1. The smallest absolute Gasteiger partial charge is 0.406 e. The molecule has 2 aromatic carbocycles. The van der Waals surface area contributed by atoms with Crippen LogP contribution in [-0.4, -0.2) is 47.3 Å². The third kappa shape index (κ3) is 6.12. The van der Waals surface area contributed by atoms with E-state index in [0.29, 0.717) is 54.2 Å². The van der Waals surface area contributed by atoms with E-state index in [1.54, 1.807) is 37.3 Å². The lowest BCUT2D eigenvalue weighted by molar-refractivity contribution is -0.274. The summed E-state index contributed by atoms with van der Waals surface area (Å²) >= 11 is 0. The summed E-state index contributed by atoms with van der Waals surface area (Å²) in [5, 5.41) is 2.80. The van der Waals surface area contributed by atoms with Gasteiger partial charge in [0.25, 0.3) is 5.91 Å². The van der Waals surface area contributed by atoms with Crippen molar-refractivity contribution in [3.8, 4) is 5.75 Å². The monoisotopic (exact) mass is 587 g/mol. The number of benzene rings is 2. The van der Waals surface area contributed by atoms with Crippen LogP contribution in [-0.2, 0) is 13.0 Å². The first-order chi connectivity index (χ1) is 19.9. The lowest BCUT2D eigenvalue weighted by Gasteiger charge is -2.42. The third-order valence-electron chi connectivity index (χ3n) is 7.36. The lowest BCUT2D eigenvalue weighted by Crippen LogP contribution is -2.52. The van der Waals surface area contributed by atoms with Crippen LogP contribution in [0.5, 0.6) is 5.75 Å². The molecule has 2 aromatic heterocycles. The van der Waals surface area contributed by atoms with Crippen LogP contribution in [0.3, 0.4) is 0 Å². The van der Waals surface area contributed by atoms with E-state index in [2.05, 4.69) is 15.0 Å². The van der Waals surface area contributed by atoms with Crippen LogP contribution in [0.25, 0.3) is 5.65 Å². The average molecular weight is 588 g/mol. The number of halogens is 5. The van der Waals surface area contributed by atoms with Crippen molar-refractivity contribution in [1.29, 1.82) is 0 Å². The number of hydrogen-bond acceptors (Lipinski definition) is 5. The molecule has 5 rings (SSSR count). The summed E-state index contributed by atoms with van der Waals surface area (Å²) in [5.74, 6) is -1.60. The summed E-state index contributed by atoms with van der Waals surface area (Å²) in [7, 11) is 0. The predicted molar refractivity (Wildman–Crippen MR) is 149 cm³/mol. The summed E-state index contributed by atoms with van der Waals surface area (Å²) in [6, 6.07) is 12.0. The van der Waals surface area contributed by atoms with Gasteiger partial charge in [0.15, 0.2) is 0 Å². The minimum absolute atomic E-state index is 0.0432. The quantitative estimate of drug-likeness (QED) is 0.268. The van der Waals surface area contributed by atoms with E-state index in [1.165, 1.54) is 28.8 Å². The first-order valence-corrected chi connectivity index (χ1v) is 13.5. The number of ether oxygens (including phenoxy) is 1. The first kappa shape index (κ1) is 29.2. The van der Waals surface area contributed by atoms with Crippen LogP contribution in [0, 0.1) is 18.6 Å². The molecule has 1 saturated heterocycles. The van der Waals surface area contributed by atoms with Crippen molar-refractivity contribution in [2.24, 2.45) is 0 Å². The van der Waals surface area contributed by atoms with Crippen LogP contribution in [0.2, 0.25) is 0 Å². The highest BCUT2D eigenvalue weighted by atomic mass is 19.4. The SMILES string of the molecule is CCc1nc2cc(C)c(F)cn2c1C(=O)NCc1ccc(N2CCN(c3ccc(OC(F)(F)F)cc3)[C@@H](C)C2)c(F)c1. The van der Waals surface area contributed by atoms with Gasteiger partial charge in [0.05, 0.1) is 11.4 Å². The number of fused-ring (bicyclic) bond motifs is 1. The van der Waals surface area contributed by atoms with Crippen LogP contribution < -0.4 is 19.9 Å². The largest absolute Gasteiger partial charge is 0.573 e. The Morgan fingerprint density at radius 2 is 1.81 bits per heavy atom. The van der Waals surface area contributed by atoms with E-state index in [0.717, 1.165) is 5.69 Å². The third-order valence-corrected chi connectivity index (χ3v) is 7.36. The lowest BCUT2D eigenvalue weighted by atomic mass is 10.1. The highest BCUT2D eigenvalue weighted by molar-refractivity contribution is 5.94. The maximum Gasteiger partial charge on any atom is 0.573 e. The van der Waals surface area contributed by atoms with Crippen molar-refractivity contribution in [3.63, 3.8) is 0 Å². The molecule has 222 valence electrons. The van der Waals surface area contributed by atoms with Crippen LogP contribution in [0.4, 0.5) is 33.3 Å². The second-order valence-corrected chi connectivity index (χ2v) is 10.3. The number of nitrogens with zero attached hydrogens (tertiary/aromatic N) is 4. The molecule has 1 aliphatic heterocycles. The van der Waals surface area contributed by atoms with Gasteiger partial charge in [-0.05, 0) is 73.9 Å². The summed E-state index contributed by atoms with van der Waals surface area (Å²) < 4.78 is 72.2. The number of imidazole rings is 1. The Balaban J connectivity index is 1.23. The van der Waals surface area contributed by atoms with Gasteiger partial charge in [0.1, 0.15) is 28.7 Å². The summed E-state index contributed by atoms with van der Waals surface area (Å²) in [4.78, 5) is 21.5. The summed E-state index contributed by atoms with van der Waals surface area (Å²) in [5.41, 5.74) is 3.43. The number of aryl methyl sites for hydroxylation is 2. The number of pyridine rings is 1. The van der Waals surface area contributed by atoms with Crippen molar-refractivity contribution < 1.29 is 31.5 Å². The minimum Gasteiger partial charge on any atom is -0.406 e. The number of anilines is 2. The van der Waals surface area contributed by atoms with Crippen molar-refractivity contribution in [3.05, 3.63) is 88.9 Å². The Morgan fingerprint density at radius 3 is 2.45 bits per heavy atom. The molecule has 0 unspecified atom stereocenters. The van der Waals surface area contributed by atoms with Crippen LogP contribution >= 0.6 is 0 Å². The fraction of sp³-hybridized carbons (Fsp3) is 0.333. The molecule has 0 radical (unpaired) electrons. The number of rotatable bonds is 7. The number of hydrogen-bond donors (Lipinski definition) is 1. The Labute approximate surface area is 239 Å².